The third kappa shape index (κ3) is 45.3. The smallest absolute Gasteiger partial charge is 0.264 e. The molecule has 0 amide bonds. The predicted octanol–water partition coefficient (Wildman–Crippen LogP) is 7.07. The summed E-state index contributed by atoms with van der Waals surface area (Å²) < 4.78 is 66.0. The molecule has 0 aromatic heterocycles. The zero-order valence-electron chi connectivity index (χ0n) is 22.4. The van der Waals surface area contributed by atoms with Gasteiger partial charge in [0.25, 0.3) is 0 Å². The molecule has 0 bridgehead atoms. The standard InChI is InChI=1S/2C12H26O4S.Ca/c2*1-2-3-4-5-6-7-8-9-10-11-12-16-17(13,14)15;/h2*2-12H2,1H3,(H,13,14,15);. The summed E-state index contributed by atoms with van der Waals surface area (Å²) in [4.78, 5) is 0. The van der Waals surface area contributed by atoms with Crippen molar-refractivity contribution in [3.63, 3.8) is 0 Å². The van der Waals surface area contributed by atoms with E-state index in [0.717, 1.165) is 25.7 Å². The average molecular weight is 573 g/mol. The van der Waals surface area contributed by atoms with Gasteiger partial charge < -0.3 is 0 Å². The fourth-order valence-corrected chi connectivity index (χ4v) is 4.16. The minimum absolute atomic E-state index is 0. The van der Waals surface area contributed by atoms with E-state index >= 15 is 0 Å². The Morgan fingerprint density at radius 3 is 0.829 bits per heavy atom. The Balaban J connectivity index is -0.000000569. The minimum Gasteiger partial charge on any atom is -0.264 e. The fourth-order valence-electron chi connectivity index (χ4n) is 3.51. The molecule has 0 aliphatic rings. The molecule has 210 valence electrons. The van der Waals surface area contributed by atoms with E-state index in [1.54, 1.807) is 0 Å². The molecule has 0 aromatic carbocycles. The maximum Gasteiger partial charge on any atom is 0.397 e. The molecule has 0 unspecified atom stereocenters. The molecule has 2 radical (unpaired) electrons. The summed E-state index contributed by atoms with van der Waals surface area (Å²) in [6.07, 6.45) is 23.7. The van der Waals surface area contributed by atoms with Gasteiger partial charge in [-0.25, -0.2) is 8.37 Å². The second kappa shape index (κ2) is 29.6. The van der Waals surface area contributed by atoms with Gasteiger partial charge in [0.2, 0.25) is 0 Å². The van der Waals surface area contributed by atoms with Gasteiger partial charge in [0.1, 0.15) is 0 Å². The Kier molecular flexibility index (Phi) is 34.2. The van der Waals surface area contributed by atoms with Gasteiger partial charge in [-0.1, -0.05) is 129 Å². The topological polar surface area (TPSA) is 127 Å². The third-order valence-electron chi connectivity index (χ3n) is 5.46. The van der Waals surface area contributed by atoms with Crippen LogP contribution in [0.25, 0.3) is 0 Å². The molecule has 35 heavy (non-hydrogen) atoms. The van der Waals surface area contributed by atoms with E-state index < -0.39 is 20.8 Å². The molecular formula is C24H52CaO8S2. The first-order valence-corrected chi connectivity index (χ1v) is 16.1. The normalized spacial score (nSPS) is 11.5. The van der Waals surface area contributed by atoms with Crippen molar-refractivity contribution in [2.45, 2.75) is 142 Å². The summed E-state index contributed by atoms with van der Waals surface area (Å²) in [6.45, 7) is 4.62. The van der Waals surface area contributed by atoms with Gasteiger partial charge in [0, 0.05) is 37.7 Å². The van der Waals surface area contributed by atoms with Crippen molar-refractivity contribution in [1.29, 1.82) is 0 Å². The molecule has 0 rings (SSSR count). The summed E-state index contributed by atoms with van der Waals surface area (Å²) in [5.74, 6) is 0. The molecule has 0 atom stereocenters. The van der Waals surface area contributed by atoms with Crippen LogP contribution in [0.4, 0.5) is 0 Å². The molecule has 0 aliphatic heterocycles. The first-order valence-electron chi connectivity index (χ1n) is 13.4. The molecule has 0 spiro atoms. The van der Waals surface area contributed by atoms with Crippen LogP contribution in [0.3, 0.4) is 0 Å². The van der Waals surface area contributed by atoms with Crippen LogP contribution >= 0.6 is 0 Å². The van der Waals surface area contributed by atoms with Crippen molar-refractivity contribution in [1.82, 2.24) is 0 Å². The molecule has 11 heteroatoms. The second-order valence-corrected chi connectivity index (χ2v) is 11.0. The number of unbranched alkanes of at least 4 members (excludes halogenated alkanes) is 18. The van der Waals surface area contributed by atoms with E-state index in [0.29, 0.717) is 12.8 Å². The van der Waals surface area contributed by atoms with Crippen LogP contribution in [0.1, 0.15) is 142 Å². The minimum atomic E-state index is -4.23. The third-order valence-corrected chi connectivity index (χ3v) is 6.39. The maximum atomic E-state index is 10.2. The predicted molar refractivity (Wildman–Crippen MR) is 144 cm³/mol. The summed E-state index contributed by atoms with van der Waals surface area (Å²) >= 11 is 0. The SMILES string of the molecule is CCCCCCCCCCCCOS(=O)(=O)O.CCCCCCCCCCCCOS(=O)(=O)O.[Ca]. The summed E-state index contributed by atoms with van der Waals surface area (Å²) in [5.41, 5.74) is 0. The van der Waals surface area contributed by atoms with E-state index in [-0.39, 0.29) is 51.0 Å². The molecule has 0 heterocycles. The Morgan fingerprint density at radius 1 is 0.429 bits per heavy atom. The zero-order valence-corrected chi connectivity index (χ0v) is 26.3. The van der Waals surface area contributed by atoms with E-state index in [9.17, 15) is 16.8 Å². The van der Waals surface area contributed by atoms with E-state index in [2.05, 4.69) is 22.2 Å². The van der Waals surface area contributed by atoms with Crippen molar-refractivity contribution < 1.29 is 34.3 Å². The molecule has 0 saturated heterocycles. The van der Waals surface area contributed by atoms with Crippen LogP contribution < -0.4 is 0 Å². The van der Waals surface area contributed by atoms with Gasteiger partial charge >= 0.3 is 20.8 Å². The fraction of sp³-hybridized carbons (Fsp3) is 1.00. The molecule has 0 saturated carbocycles. The Bertz CT molecular complexity index is 559. The monoisotopic (exact) mass is 572 g/mol. The molecule has 0 fully saturated rings. The van der Waals surface area contributed by atoms with Crippen LogP contribution in [-0.2, 0) is 29.2 Å². The summed E-state index contributed by atoms with van der Waals surface area (Å²) in [5, 5.41) is 0. The first-order chi connectivity index (χ1) is 16.1. The maximum absolute atomic E-state index is 10.2. The van der Waals surface area contributed by atoms with Gasteiger partial charge in [0.15, 0.2) is 0 Å². The summed E-state index contributed by atoms with van der Waals surface area (Å²) in [6, 6.07) is 0. The van der Waals surface area contributed by atoms with Crippen molar-refractivity contribution in [2.75, 3.05) is 13.2 Å². The number of hydrogen-bond acceptors (Lipinski definition) is 6. The van der Waals surface area contributed by atoms with Crippen molar-refractivity contribution >= 4 is 58.5 Å². The van der Waals surface area contributed by atoms with Gasteiger partial charge in [-0.15, -0.1) is 0 Å². The van der Waals surface area contributed by atoms with Crippen LogP contribution in [0.5, 0.6) is 0 Å². The molecule has 8 nitrogen and oxygen atoms in total. The first kappa shape index (κ1) is 40.5. The van der Waals surface area contributed by atoms with Gasteiger partial charge in [0.05, 0.1) is 13.2 Å². The van der Waals surface area contributed by atoms with Crippen LogP contribution in [0.2, 0.25) is 0 Å². The van der Waals surface area contributed by atoms with E-state index in [1.807, 2.05) is 0 Å². The quantitative estimate of drug-likeness (QED) is 0.0714. The van der Waals surface area contributed by atoms with Crippen molar-refractivity contribution in [2.24, 2.45) is 0 Å². The average Bonchev–Trinajstić information content (AvgIpc) is 2.75. The second-order valence-electron chi connectivity index (χ2n) is 8.86. The molecule has 0 aliphatic carbocycles. The van der Waals surface area contributed by atoms with Crippen LogP contribution in [-0.4, -0.2) is 76.9 Å². The Hall–Kier alpha value is 1.000. The largest absolute Gasteiger partial charge is 0.397 e. The number of rotatable bonds is 24. The molecule has 0 aromatic rings. The Labute approximate surface area is 246 Å². The molecular weight excluding hydrogens is 520 g/mol. The van der Waals surface area contributed by atoms with Crippen molar-refractivity contribution in [3.05, 3.63) is 0 Å². The van der Waals surface area contributed by atoms with E-state index in [4.69, 9.17) is 9.11 Å². The number of hydrogen-bond donors (Lipinski definition) is 2. The van der Waals surface area contributed by atoms with Gasteiger partial charge in [-0.3, -0.25) is 9.11 Å². The van der Waals surface area contributed by atoms with Gasteiger partial charge in [-0.05, 0) is 12.8 Å². The molecule has 2 N–H and O–H groups in total. The Morgan fingerprint density at radius 2 is 0.629 bits per heavy atom. The van der Waals surface area contributed by atoms with Crippen LogP contribution in [0, 0.1) is 0 Å². The van der Waals surface area contributed by atoms with E-state index in [1.165, 1.54) is 89.9 Å². The van der Waals surface area contributed by atoms with Gasteiger partial charge in [-0.2, -0.15) is 16.8 Å². The summed E-state index contributed by atoms with van der Waals surface area (Å²) in [7, 11) is -8.47. The van der Waals surface area contributed by atoms with Crippen LogP contribution in [0.15, 0.2) is 0 Å². The zero-order chi connectivity index (χ0) is 26.0. The van der Waals surface area contributed by atoms with Crippen molar-refractivity contribution in [3.8, 4) is 0 Å².